The summed E-state index contributed by atoms with van der Waals surface area (Å²) >= 11 is 0. The molecule has 1 saturated heterocycles. The zero-order valence-corrected chi connectivity index (χ0v) is 16.4. The van der Waals surface area contributed by atoms with Gasteiger partial charge in [-0.3, -0.25) is 4.79 Å². The number of rotatable bonds is 5. The maximum absolute atomic E-state index is 13.1. The van der Waals surface area contributed by atoms with Crippen LogP contribution in [0.25, 0.3) is 10.9 Å². The predicted octanol–water partition coefficient (Wildman–Crippen LogP) is 3.57. The number of carbonyl (C=O) groups excluding carboxylic acids is 1. The molecule has 4 rings (SSSR count). The number of hydrogen-bond donors (Lipinski definition) is 0. The molecule has 5 heteroatoms. The van der Waals surface area contributed by atoms with Crippen LogP contribution in [0.3, 0.4) is 0 Å². The van der Waals surface area contributed by atoms with Gasteiger partial charge in [-0.05, 0) is 29.3 Å². The second kappa shape index (κ2) is 8.07. The van der Waals surface area contributed by atoms with Crippen LogP contribution in [0.1, 0.15) is 23.5 Å². The Bertz CT molecular complexity index is 956. The van der Waals surface area contributed by atoms with Crippen LogP contribution in [0.2, 0.25) is 0 Å². The van der Waals surface area contributed by atoms with Crippen molar-refractivity contribution in [3.63, 3.8) is 0 Å². The molecule has 2 aromatic carbocycles. The molecule has 28 heavy (non-hydrogen) atoms. The van der Waals surface area contributed by atoms with Crippen LogP contribution in [0.5, 0.6) is 5.75 Å². The van der Waals surface area contributed by atoms with E-state index in [4.69, 9.17) is 9.47 Å². The van der Waals surface area contributed by atoms with Gasteiger partial charge >= 0.3 is 0 Å². The zero-order chi connectivity index (χ0) is 19.5. The maximum atomic E-state index is 13.1. The van der Waals surface area contributed by atoms with Crippen molar-refractivity contribution in [1.82, 2.24) is 9.47 Å². The molecule has 0 aliphatic carbocycles. The van der Waals surface area contributed by atoms with Crippen molar-refractivity contribution in [1.29, 1.82) is 0 Å². The third-order valence-corrected chi connectivity index (χ3v) is 5.56. The van der Waals surface area contributed by atoms with Gasteiger partial charge in [-0.25, -0.2) is 0 Å². The first-order chi connectivity index (χ1) is 13.7. The van der Waals surface area contributed by atoms with E-state index in [9.17, 15) is 4.79 Å². The first-order valence-corrected chi connectivity index (χ1v) is 9.71. The maximum Gasteiger partial charge on any atom is 0.223 e. The molecule has 1 aliphatic heterocycles. The van der Waals surface area contributed by atoms with Gasteiger partial charge in [0.05, 0.1) is 20.3 Å². The molecule has 0 bridgehead atoms. The van der Waals surface area contributed by atoms with Crippen LogP contribution < -0.4 is 4.74 Å². The van der Waals surface area contributed by atoms with Crippen molar-refractivity contribution in [2.24, 2.45) is 7.05 Å². The third kappa shape index (κ3) is 3.62. The van der Waals surface area contributed by atoms with E-state index in [1.165, 1.54) is 16.5 Å². The van der Waals surface area contributed by atoms with Gasteiger partial charge in [-0.1, -0.05) is 30.3 Å². The van der Waals surface area contributed by atoms with E-state index in [1.54, 1.807) is 7.11 Å². The van der Waals surface area contributed by atoms with E-state index >= 15 is 0 Å². The van der Waals surface area contributed by atoms with Crippen molar-refractivity contribution < 1.29 is 14.3 Å². The quantitative estimate of drug-likeness (QED) is 0.682. The summed E-state index contributed by atoms with van der Waals surface area (Å²) in [6, 6.07) is 16.4. The largest absolute Gasteiger partial charge is 0.497 e. The van der Waals surface area contributed by atoms with E-state index in [1.807, 2.05) is 23.1 Å². The standard InChI is InChI=1S/C23H26N2O3/c1-24-16-21(19-5-3-4-6-22(19)24)20(17-7-9-18(27-2)10-8-17)15-23(26)25-11-13-28-14-12-25/h3-10,16,20H,11-15H2,1-2H3/t20-/m1/s1. The van der Waals surface area contributed by atoms with Gasteiger partial charge < -0.3 is 18.9 Å². The Kier molecular flexibility index (Phi) is 5.35. The van der Waals surface area contributed by atoms with E-state index in [0.717, 1.165) is 11.3 Å². The topological polar surface area (TPSA) is 43.7 Å². The fraction of sp³-hybridized carbons (Fsp3) is 0.348. The zero-order valence-electron chi connectivity index (χ0n) is 16.4. The summed E-state index contributed by atoms with van der Waals surface area (Å²) in [5.41, 5.74) is 3.48. The fourth-order valence-electron chi connectivity index (χ4n) is 4.01. The molecule has 0 spiro atoms. The fourth-order valence-corrected chi connectivity index (χ4v) is 4.01. The lowest BCUT2D eigenvalue weighted by Gasteiger charge is -2.28. The second-order valence-electron chi connectivity index (χ2n) is 7.24. The highest BCUT2D eigenvalue weighted by molar-refractivity contribution is 5.86. The molecule has 0 radical (unpaired) electrons. The number of ether oxygens (including phenoxy) is 2. The monoisotopic (exact) mass is 378 g/mol. The highest BCUT2D eigenvalue weighted by Crippen LogP contribution is 2.35. The van der Waals surface area contributed by atoms with Crippen molar-refractivity contribution in [3.8, 4) is 5.75 Å². The summed E-state index contributed by atoms with van der Waals surface area (Å²) in [5.74, 6) is 0.990. The number of amides is 1. The smallest absolute Gasteiger partial charge is 0.223 e. The predicted molar refractivity (Wildman–Crippen MR) is 110 cm³/mol. The molecule has 0 unspecified atom stereocenters. The number of nitrogens with zero attached hydrogens (tertiary/aromatic N) is 2. The molecular weight excluding hydrogens is 352 g/mol. The van der Waals surface area contributed by atoms with Crippen LogP contribution in [0.4, 0.5) is 0 Å². The summed E-state index contributed by atoms with van der Waals surface area (Å²) < 4.78 is 12.9. The molecule has 1 atom stereocenters. The lowest BCUT2D eigenvalue weighted by atomic mass is 9.87. The lowest BCUT2D eigenvalue weighted by molar-refractivity contribution is -0.135. The number of aryl methyl sites for hydroxylation is 1. The summed E-state index contributed by atoms with van der Waals surface area (Å²) in [5, 5.41) is 1.19. The molecule has 2 heterocycles. The molecule has 0 N–H and O–H groups in total. The van der Waals surface area contributed by atoms with Crippen LogP contribution in [-0.4, -0.2) is 48.8 Å². The molecule has 5 nitrogen and oxygen atoms in total. The Hall–Kier alpha value is -2.79. The number of carbonyl (C=O) groups is 1. The summed E-state index contributed by atoms with van der Waals surface area (Å²) in [4.78, 5) is 15.0. The molecule has 1 fully saturated rings. The van der Waals surface area contributed by atoms with Crippen molar-refractivity contribution in [2.45, 2.75) is 12.3 Å². The van der Waals surface area contributed by atoms with Crippen LogP contribution >= 0.6 is 0 Å². The van der Waals surface area contributed by atoms with Gasteiger partial charge in [0.15, 0.2) is 0 Å². The van der Waals surface area contributed by atoms with Crippen LogP contribution in [-0.2, 0) is 16.6 Å². The highest BCUT2D eigenvalue weighted by Gasteiger charge is 2.25. The van der Waals surface area contributed by atoms with E-state index < -0.39 is 0 Å². The van der Waals surface area contributed by atoms with Gasteiger partial charge in [0, 0.05) is 49.6 Å². The molecule has 3 aromatic rings. The summed E-state index contributed by atoms with van der Waals surface area (Å²) in [7, 11) is 3.72. The van der Waals surface area contributed by atoms with Gasteiger partial charge in [0.1, 0.15) is 5.75 Å². The van der Waals surface area contributed by atoms with Crippen molar-refractivity contribution in [2.75, 3.05) is 33.4 Å². The summed E-state index contributed by atoms with van der Waals surface area (Å²) in [6.45, 7) is 2.58. The lowest BCUT2D eigenvalue weighted by Crippen LogP contribution is -2.41. The Morgan fingerprint density at radius 2 is 1.82 bits per heavy atom. The van der Waals surface area contributed by atoms with Gasteiger partial charge in [-0.2, -0.15) is 0 Å². The Morgan fingerprint density at radius 1 is 1.11 bits per heavy atom. The number of aromatic nitrogens is 1. The van der Waals surface area contributed by atoms with E-state index in [-0.39, 0.29) is 11.8 Å². The molecular formula is C23H26N2O3. The van der Waals surface area contributed by atoms with E-state index in [0.29, 0.717) is 32.7 Å². The van der Waals surface area contributed by atoms with Gasteiger partial charge in [0.25, 0.3) is 0 Å². The minimum Gasteiger partial charge on any atom is -0.497 e. The first-order valence-electron chi connectivity index (χ1n) is 9.71. The molecule has 1 amide bonds. The molecule has 1 aliphatic rings. The SMILES string of the molecule is COc1ccc([C@@H](CC(=O)N2CCOCC2)c2cn(C)c3ccccc23)cc1. The average Bonchev–Trinajstić information content (AvgIpc) is 3.09. The normalized spacial score (nSPS) is 15.6. The summed E-state index contributed by atoms with van der Waals surface area (Å²) in [6.07, 6.45) is 2.60. The van der Waals surface area contributed by atoms with Crippen LogP contribution in [0.15, 0.2) is 54.7 Å². The van der Waals surface area contributed by atoms with Crippen LogP contribution in [0, 0.1) is 0 Å². The second-order valence-corrected chi connectivity index (χ2v) is 7.24. The Balaban J connectivity index is 1.72. The number of para-hydroxylation sites is 1. The van der Waals surface area contributed by atoms with Crippen molar-refractivity contribution >= 4 is 16.8 Å². The minimum absolute atomic E-state index is 0.00708. The number of methoxy groups -OCH3 is 1. The Labute approximate surface area is 165 Å². The first kappa shape index (κ1) is 18.6. The van der Waals surface area contributed by atoms with Gasteiger partial charge in [0.2, 0.25) is 5.91 Å². The number of benzene rings is 2. The molecule has 1 aromatic heterocycles. The third-order valence-electron chi connectivity index (χ3n) is 5.56. The number of fused-ring (bicyclic) bond motifs is 1. The highest BCUT2D eigenvalue weighted by atomic mass is 16.5. The number of morpholine rings is 1. The Morgan fingerprint density at radius 3 is 2.54 bits per heavy atom. The minimum atomic E-state index is -0.00708. The molecule has 0 saturated carbocycles. The average molecular weight is 378 g/mol. The van der Waals surface area contributed by atoms with E-state index in [2.05, 4.69) is 48.1 Å². The molecule has 146 valence electrons. The van der Waals surface area contributed by atoms with Gasteiger partial charge in [-0.15, -0.1) is 0 Å². The number of hydrogen-bond acceptors (Lipinski definition) is 3. The van der Waals surface area contributed by atoms with Crippen molar-refractivity contribution in [3.05, 3.63) is 65.9 Å².